The van der Waals surface area contributed by atoms with Crippen LogP contribution in [-0.4, -0.2) is 29.0 Å². The van der Waals surface area contributed by atoms with Gasteiger partial charge in [-0.05, 0) is 65.4 Å². The zero-order valence-electron chi connectivity index (χ0n) is 13.2. The van der Waals surface area contributed by atoms with Gasteiger partial charge in [0.05, 0.1) is 14.1 Å². The van der Waals surface area contributed by atoms with Gasteiger partial charge >= 0.3 is 6.09 Å². The Balaban J connectivity index is 2.21. The third kappa shape index (κ3) is 4.82. The van der Waals surface area contributed by atoms with E-state index in [1.807, 2.05) is 0 Å². The number of nitrogens with zero attached hydrogens (tertiary/aromatic N) is 1. The molecule has 1 N–H and O–H groups in total. The highest BCUT2D eigenvalue weighted by atomic mass is 127. The fourth-order valence-electron chi connectivity index (χ4n) is 1.94. The van der Waals surface area contributed by atoms with E-state index in [0.29, 0.717) is 32.8 Å². The molecule has 24 heavy (non-hydrogen) atoms. The standard InChI is InChI=1S/C15H15BrClIN2O4/c1-15(2,3)24-14(22)19-7(6-21)4-9-11(16)12-13(23-9)8(18)5-10(17)20-12/h5-7H,4H2,1-3H3,(H,19,22). The lowest BCUT2D eigenvalue weighted by molar-refractivity contribution is -0.109. The summed E-state index contributed by atoms with van der Waals surface area (Å²) in [4.78, 5) is 27.3. The molecule has 1 atom stereocenters. The average molecular weight is 530 g/mol. The number of carbonyl (C=O) groups excluding carboxylic acids is 2. The summed E-state index contributed by atoms with van der Waals surface area (Å²) in [6.45, 7) is 5.24. The first-order valence-corrected chi connectivity index (χ1v) is 9.23. The topological polar surface area (TPSA) is 81.4 Å². The third-order valence-electron chi connectivity index (χ3n) is 2.85. The summed E-state index contributed by atoms with van der Waals surface area (Å²) in [5, 5.41) is 2.86. The molecule has 2 aromatic heterocycles. The van der Waals surface area contributed by atoms with Crippen molar-refractivity contribution in [1.29, 1.82) is 0 Å². The predicted molar refractivity (Wildman–Crippen MR) is 102 cm³/mol. The van der Waals surface area contributed by atoms with Crippen LogP contribution in [0.25, 0.3) is 11.1 Å². The Morgan fingerprint density at radius 1 is 1.58 bits per heavy atom. The SMILES string of the molecule is CC(C)(C)OC(=O)NC(C=O)Cc1oc2c(I)cc(Cl)nc2c1Br. The van der Waals surface area contributed by atoms with Crippen molar-refractivity contribution in [2.75, 3.05) is 0 Å². The van der Waals surface area contributed by atoms with Crippen LogP contribution in [0.4, 0.5) is 4.79 Å². The lowest BCUT2D eigenvalue weighted by Gasteiger charge is -2.21. The monoisotopic (exact) mass is 528 g/mol. The van der Waals surface area contributed by atoms with Crippen LogP contribution in [-0.2, 0) is 16.0 Å². The van der Waals surface area contributed by atoms with Gasteiger partial charge in [0, 0.05) is 6.42 Å². The Kier molecular flexibility index (Phi) is 6.14. The second kappa shape index (κ2) is 7.57. The smallest absolute Gasteiger partial charge is 0.408 e. The Hall–Kier alpha value is -0.870. The molecule has 130 valence electrons. The van der Waals surface area contributed by atoms with Gasteiger partial charge in [-0.15, -0.1) is 0 Å². The van der Waals surface area contributed by atoms with Gasteiger partial charge in [-0.3, -0.25) is 0 Å². The van der Waals surface area contributed by atoms with Crippen LogP contribution in [0.5, 0.6) is 0 Å². The van der Waals surface area contributed by atoms with E-state index in [2.05, 4.69) is 48.8 Å². The Morgan fingerprint density at radius 3 is 2.83 bits per heavy atom. The third-order valence-corrected chi connectivity index (χ3v) is 4.66. The van der Waals surface area contributed by atoms with E-state index >= 15 is 0 Å². The molecule has 0 saturated heterocycles. The molecule has 9 heteroatoms. The van der Waals surface area contributed by atoms with Crippen molar-refractivity contribution in [3.63, 3.8) is 0 Å². The van der Waals surface area contributed by atoms with Gasteiger partial charge in [0.15, 0.2) is 5.58 Å². The molecule has 0 saturated carbocycles. The lowest BCUT2D eigenvalue weighted by atomic mass is 10.2. The normalized spacial score (nSPS) is 12.9. The molecule has 1 amide bonds. The van der Waals surface area contributed by atoms with E-state index in [1.54, 1.807) is 26.8 Å². The number of ether oxygens (including phenoxy) is 1. The maximum absolute atomic E-state index is 11.8. The van der Waals surface area contributed by atoms with Crippen LogP contribution in [0.3, 0.4) is 0 Å². The molecule has 0 aliphatic rings. The van der Waals surface area contributed by atoms with Crippen molar-refractivity contribution in [3.8, 4) is 0 Å². The van der Waals surface area contributed by atoms with Crippen LogP contribution in [0.2, 0.25) is 5.15 Å². The number of hydrogen-bond acceptors (Lipinski definition) is 5. The number of rotatable bonds is 4. The fourth-order valence-corrected chi connectivity index (χ4v) is 3.49. The highest BCUT2D eigenvalue weighted by Gasteiger charge is 2.23. The minimum Gasteiger partial charge on any atom is -0.457 e. The van der Waals surface area contributed by atoms with Crippen molar-refractivity contribution >= 4 is 73.6 Å². The summed E-state index contributed by atoms with van der Waals surface area (Å²) in [6.07, 6.45) is 0.130. The number of hydrogen-bond donors (Lipinski definition) is 1. The van der Waals surface area contributed by atoms with Gasteiger partial charge in [0.1, 0.15) is 28.3 Å². The highest BCUT2D eigenvalue weighted by molar-refractivity contribution is 14.1. The second-order valence-electron chi connectivity index (χ2n) is 6.04. The number of amides is 1. The molecular weight excluding hydrogens is 514 g/mol. The summed E-state index contributed by atoms with van der Waals surface area (Å²) in [5.74, 6) is 0.492. The van der Waals surface area contributed by atoms with Crippen molar-refractivity contribution in [2.45, 2.75) is 38.8 Å². The Labute approximate surface area is 165 Å². The van der Waals surface area contributed by atoms with Gasteiger partial charge < -0.3 is 19.3 Å². The van der Waals surface area contributed by atoms with Crippen molar-refractivity contribution in [2.24, 2.45) is 0 Å². The fraction of sp³-hybridized carbons (Fsp3) is 0.400. The zero-order valence-corrected chi connectivity index (χ0v) is 17.7. The van der Waals surface area contributed by atoms with Crippen LogP contribution in [0.15, 0.2) is 15.0 Å². The summed E-state index contributed by atoms with van der Waals surface area (Å²) in [6, 6.07) is 0.894. The number of alkyl carbamates (subject to hydrolysis) is 1. The molecule has 0 aliphatic carbocycles. The molecule has 0 aromatic carbocycles. The molecule has 6 nitrogen and oxygen atoms in total. The molecule has 0 bridgehead atoms. The molecule has 1 unspecified atom stereocenters. The van der Waals surface area contributed by atoms with Gasteiger partial charge in [0.2, 0.25) is 0 Å². The number of furan rings is 1. The van der Waals surface area contributed by atoms with Gasteiger partial charge in [-0.1, -0.05) is 11.6 Å². The van der Waals surface area contributed by atoms with E-state index in [9.17, 15) is 9.59 Å². The van der Waals surface area contributed by atoms with Crippen LogP contribution < -0.4 is 5.32 Å². The van der Waals surface area contributed by atoms with Gasteiger partial charge in [-0.2, -0.15) is 0 Å². The van der Waals surface area contributed by atoms with Crippen molar-refractivity contribution < 1.29 is 18.7 Å². The summed E-state index contributed by atoms with van der Waals surface area (Å²) in [7, 11) is 0. The molecule has 2 heterocycles. The van der Waals surface area contributed by atoms with Crippen molar-refractivity contribution in [1.82, 2.24) is 10.3 Å². The summed E-state index contributed by atoms with van der Waals surface area (Å²) in [5.41, 5.74) is 0.501. The number of aromatic nitrogens is 1. The van der Waals surface area contributed by atoms with Gasteiger partial charge in [0.25, 0.3) is 0 Å². The highest BCUT2D eigenvalue weighted by Crippen LogP contribution is 2.34. The van der Waals surface area contributed by atoms with E-state index in [-0.39, 0.29) is 6.42 Å². The number of fused-ring (bicyclic) bond motifs is 1. The van der Waals surface area contributed by atoms with E-state index in [4.69, 9.17) is 20.8 Å². The van der Waals surface area contributed by atoms with Crippen LogP contribution in [0.1, 0.15) is 26.5 Å². The van der Waals surface area contributed by atoms with Crippen LogP contribution in [0, 0.1) is 3.57 Å². The average Bonchev–Trinajstić information content (AvgIpc) is 2.74. The first-order chi connectivity index (χ1) is 11.1. The molecule has 0 spiro atoms. The molecule has 0 aliphatic heterocycles. The number of nitrogens with one attached hydrogen (secondary N) is 1. The van der Waals surface area contributed by atoms with E-state index in [0.717, 1.165) is 3.57 Å². The summed E-state index contributed by atoms with van der Waals surface area (Å²) >= 11 is 11.5. The van der Waals surface area contributed by atoms with Crippen molar-refractivity contribution in [3.05, 3.63) is 25.0 Å². The maximum atomic E-state index is 11.8. The first kappa shape index (κ1) is 19.5. The second-order valence-corrected chi connectivity index (χ2v) is 8.38. The number of aldehydes is 1. The minimum atomic E-state index is -0.787. The Bertz CT molecular complexity index is 788. The minimum absolute atomic E-state index is 0.160. The number of halogens is 3. The lowest BCUT2D eigenvalue weighted by Crippen LogP contribution is -2.41. The molecule has 0 radical (unpaired) electrons. The van der Waals surface area contributed by atoms with E-state index in [1.165, 1.54) is 0 Å². The number of pyridine rings is 1. The van der Waals surface area contributed by atoms with E-state index < -0.39 is 17.7 Å². The number of carbonyl (C=O) groups is 2. The predicted octanol–water partition coefficient (Wildman–Crippen LogP) is 4.48. The zero-order chi connectivity index (χ0) is 18.1. The molecule has 0 fully saturated rings. The quantitative estimate of drug-likeness (QED) is 0.359. The first-order valence-electron chi connectivity index (χ1n) is 6.98. The largest absolute Gasteiger partial charge is 0.457 e. The summed E-state index contributed by atoms with van der Waals surface area (Å²) < 4.78 is 12.3. The maximum Gasteiger partial charge on any atom is 0.408 e. The molecule has 2 aromatic rings. The van der Waals surface area contributed by atoms with Crippen LogP contribution >= 0.6 is 50.1 Å². The molecule has 2 rings (SSSR count). The Morgan fingerprint density at radius 2 is 2.25 bits per heavy atom. The molecular formula is C15H15BrClIN2O4. The van der Waals surface area contributed by atoms with Gasteiger partial charge in [-0.25, -0.2) is 9.78 Å².